The van der Waals surface area contributed by atoms with Crippen molar-refractivity contribution in [3.8, 4) is 6.07 Å². The van der Waals surface area contributed by atoms with Crippen LogP contribution in [0.25, 0.3) is 0 Å². The molecule has 1 saturated carbocycles. The molecule has 0 atom stereocenters. The lowest BCUT2D eigenvalue weighted by Crippen LogP contribution is -2.42. The summed E-state index contributed by atoms with van der Waals surface area (Å²) < 4.78 is 27.5. The van der Waals surface area contributed by atoms with Gasteiger partial charge in [-0.25, -0.2) is 8.78 Å². The van der Waals surface area contributed by atoms with Crippen molar-refractivity contribution in [1.82, 2.24) is 0 Å². The molecule has 0 saturated heterocycles. The average Bonchev–Trinajstić information content (AvgIpc) is 2.30. The first-order valence-corrected chi connectivity index (χ1v) is 5.94. The highest BCUT2D eigenvalue weighted by atomic mass is 19.2. The fourth-order valence-electron chi connectivity index (χ4n) is 2.15. The first-order valence-electron chi connectivity index (χ1n) is 5.94. The summed E-state index contributed by atoms with van der Waals surface area (Å²) in [6.45, 7) is 0.157. The SMILES string of the molecule is N#Cc1ccc(N(CCO)C2CCC2)c(F)c1F. The Hall–Kier alpha value is -1.67. The molecular weight excluding hydrogens is 238 g/mol. The van der Waals surface area contributed by atoms with Crippen LogP contribution in [0.2, 0.25) is 0 Å². The Morgan fingerprint density at radius 3 is 2.56 bits per heavy atom. The third-order valence-corrected chi connectivity index (χ3v) is 3.35. The molecule has 1 aromatic rings. The summed E-state index contributed by atoms with van der Waals surface area (Å²) in [6, 6.07) is 4.44. The van der Waals surface area contributed by atoms with E-state index >= 15 is 0 Å². The van der Waals surface area contributed by atoms with Gasteiger partial charge in [-0.05, 0) is 31.4 Å². The van der Waals surface area contributed by atoms with E-state index in [0.29, 0.717) is 0 Å². The van der Waals surface area contributed by atoms with Gasteiger partial charge in [0.1, 0.15) is 6.07 Å². The third kappa shape index (κ3) is 2.16. The highest BCUT2D eigenvalue weighted by Crippen LogP contribution is 2.32. The summed E-state index contributed by atoms with van der Waals surface area (Å²) in [5.74, 6) is -2.12. The number of hydrogen-bond acceptors (Lipinski definition) is 3. The summed E-state index contributed by atoms with van der Waals surface area (Å²) in [6.07, 6.45) is 2.90. The molecule has 96 valence electrons. The number of anilines is 1. The second-order valence-electron chi connectivity index (χ2n) is 4.37. The Bertz CT molecular complexity index is 481. The predicted octanol–water partition coefficient (Wildman–Crippen LogP) is 2.19. The van der Waals surface area contributed by atoms with E-state index in [-0.39, 0.29) is 30.4 Å². The van der Waals surface area contributed by atoms with Gasteiger partial charge in [0.25, 0.3) is 0 Å². The second-order valence-corrected chi connectivity index (χ2v) is 4.37. The largest absolute Gasteiger partial charge is 0.395 e. The van der Waals surface area contributed by atoms with E-state index in [1.165, 1.54) is 12.1 Å². The van der Waals surface area contributed by atoms with Gasteiger partial charge in [0, 0.05) is 12.6 Å². The second kappa shape index (κ2) is 5.32. The first-order chi connectivity index (χ1) is 8.69. The highest BCUT2D eigenvalue weighted by Gasteiger charge is 2.28. The average molecular weight is 252 g/mol. The molecule has 0 aliphatic heterocycles. The molecule has 3 nitrogen and oxygen atoms in total. The molecular formula is C13H14F2N2O. The van der Waals surface area contributed by atoms with Crippen molar-refractivity contribution in [2.75, 3.05) is 18.1 Å². The van der Waals surface area contributed by atoms with Crippen LogP contribution in [0.4, 0.5) is 14.5 Å². The number of hydrogen-bond donors (Lipinski definition) is 1. The van der Waals surface area contributed by atoms with E-state index < -0.39 is 11.6 Å². The Labute approximate surface area is 104 Å². The lowest BCUT2D eigenvalue weighted by atomic mass is 9.91. The van der Waals surface area contributed by atoms with Crippen LogP contribution in [0.3, 0.4) is 0 Å². The number of aliphatic hydroxyl groups excluding tert-OH is 1. The van der Waals surface area contributed by atoms with Crippen LogP contribution in [0.1, 0.15) is 24.8 Å². The molecule has 0 heterocycles. The lowest BCUT2D eigenvalue weighted by molar-refractivity contribution is 0.282. The molecule has 1 aliphatic rings. The minimum Gasteiger partial charge on any atom is -0.395 e. The maximum atomic E-state index is 13.9. The fraction of sp³-hybridized carbons (Fsp3) is 0.462. The van der Waals surface area contributed by atoms with Crippen molar-refractivity contribution in [3.05, 3.63) is 29.3 Å². The fourth-order valence-corrected chi connectivity index (χ4v) is 2.15. The normalized spacial score (nSPS) is 15.0. The Kier molecular flexibility index (Phi) is 3.78. The maximum Gasteiger partial charge on any atom is 0.183 e. The number of nitrogens with zero attached hydrogens (tertiary/aromatic N) is 2. The van der Waals surface area contributed by atoms with Crippen LogP contribution < -0.4 is 4.90 Å². The summed E-state index contributed by atoms with van der Waals surface area (Å²) in [5.41, 5.74) is -0.168. The molecule has 18 heavy (non-hydrogen) atoms. The van der Waals surface area contributed by atoms with Crippen LogP contribution in [0, 0.1) is 23.0 Å². The number of rotatable bonds is 4. The van der Waals surface area contributed by atoms with Crippen molar-refractivity contribution >= 4 is 5.69 Å². The number of halogens is 2. The van der Waals surface area contributed by atoms with Gasteiger partial charge in [-0.1, -0.05) is 0 Å². The molecule has 0 aromatic heterocycles. The van der Waals surface area contributed by atoms with Gasteiger partial charge in [0.2, 0.25) is 0 Å². The Morgan fingerprint density at radius 1 is 1.33 bits per heavy atom. The molecule has 0 radical (unpaired) electrons. The monoisotopic (exact) mass is 252 g/mol. The van der Waals surface area contributed by atoms with Gasteiger partial charge >= 0.3 is 0 Å². The van der Waals surface area contributed by atoms with Gasteiger partial charge in [0.05, 0.1) is 17.9 Å². The van der Waals surface area contributed by atoms with Gasteiger partial charge < -0.3 is 10.0 Å². The van der Waals surface area contributed by atoms with E-state index in [0.717, 1.165) is 19.3 Å². The minimum atomic E-state index is -1.11. The smallest absolute Gasteiger partial charge is 0.183 e. The van der Waals surface area contributed by atoms with Crippen LogP contribution in [-0.4, -0.2) is 24.3 Å². The number of nitriles is 1. The molecule has 1 aliphatic carbocycles. The Balaban J connectivity index is 2.35. The van der Waals surface area contributed by atoms with E-state index in [4.69, 9.17) is 10.4 Å². The molecule has 0 spiro atoms. The van der Waals surface area contributed by atoms with Gasteiger partial charge in [-0.3, -0.25) is 0 Å². The van der Waals surface area contributed by atoms with Gasteiger partial charge in [-0.2, -0.15) is 5.26 Å². The van der Waals surface area contributed by atoms with Crippen molar-refractivity contribution < 1.29 is 13.9 Å². The minimum absolute atomic E-state index is 0.114. The summed E-state index contributed by atoms with van der Waals surface area (Å²) in [4.78, 5) is 1.68. The van der Waals surface area contributed by atoms with E-state index in [9.17, 15) is 8.78 Å². The standard InChI is InChI=1S/C13H14F2N2O/c14-12-9(8-16)4-5-11(13(12)15)17(6-7-18)10-2-1-3-10/h4-5,10,18H,1-3,6-7H2. The predicted molar refractivity (Wildman–Crippen MR) is 63.1 cm³/mol. The van der Waals surface area contributed by atoms with Gasteiger partial charge in [-0.15, -0.1) is 0 Å². The van der Waals surface area contributed by atoms with Crippen LogP contribution in [0.15, 0.2) is 12.1 Å². The molecule has 0 amide bonds. The molecule has 2 rings (SSSR count). The summed E-state index contributed by atoms with van der Waals surface area (Å²) in [7, 11) is 0. The number of aliphatic hydroxyl groups is 1. The Morgan fingerprint density at radius 2 is 2.06 bits per heavy atom. The van der Waals surface area contributed by atoms with Crippen molar-refractivity contribution in [2.24, 2.45) is 0 Å². The van der Waals surface area contributed by atoms with Crippen LogP contribution in [-0.2, 0) is 0 Å². The molecule has 5 heteroatoms. The molecule has 1 aromatic carbocycles. The van der Waals surface area contributed by atoms with Crippen molar-refractivity contribution in [3.63, 3.8) is 0 Å². The van der Waals surface area contributed by atoms with E-state index in [1.807, 2.05) is 0 Å². The summed E-state index contributed by atoms with van der Waals surface area (Å²) >= 11 is 0. The van der Waals surface area contributed by atoms with Crippen molar-refractivity contribution in [1.29, 1.82) is 5.26 Å². The van der Waals surface area contributed by atoms with E-state index in [2.05, 4.69) is 0 Å². The molecule has 1 fully saturated rings. The van der Waals surface area contributed by atoms with Crippen molar-refractivity contribution in [2.45, 2.75) is 25.3 Å². The zero-order valence-corrected chi connectivity index (χ0v) is 9.87. The number of benzene rings is 1. The molecule has 0 bridgehead atoms. The van der Waals surface area contributed by atoms with Crippen LogP contribution in [0.5, 0.6) is 0 Å². The van der Waals surface area contributed by atoms with E-state index in [1.54, 1.807) is 11.0 Å². The zero-order valence-electron chi connectivity index (χ0n) is 9.87. The molecule has 0 unspecified atom stereocenters. The van der Waals surface area contributed by atoms with Crippen LogP contribution >= 0.6 is 0 Å². The third-order valence-electron chi connectivity index (χ3n) is 3.35. The lowest BCUT2D eigenvalue weighted by Gasteiger charge is -2.39. The topological polar surface area (TPSA) is 47.3 Å². The maximum absolute atomic E-state index is 13.9. The first kappa shape index (κ1) is 12.8. The molecule has 1 N–H and O–H groups in total. The zero-order chi connectivity index (χ0) is 13.1. The van der Waals surface area contributed by atoms with Gasteiger partial charge in [0.15, 0.2) is 11.6 Å². The highest BCUT2D eigenvalue weighted by molar-refractivity contribution is 5.53. The quantitative estimate of drug-likeness (QED) is 0.893. The summed E-state index contributed by atoms with van der Waals surface area (Å²) in [5, 5.41) is 17.6.